The first-order valence-electron chi connectivity index (χ1n) is 4.74. The molecule has 1 unspecified atom stereocenters. The Labute approximate surface area is 118 Å². The van der Waals surface area contributed by atoms with Crippen LogP contribution in [0, 0.1) is 5.92 Å². The molecule has 92 valence electrons. The number of carbonyl (C=O) groups is 1. The predicted molar refractivity (Wildman–Crippen MR) is 72.0 cm³/mol. The van der Waals surface area contributed by atoms with E-state index >= 15 is 0 Å². The Kier molecular flexibility index (Phi) is 3.38. The fraction of sp³-hybridized carbons (Fsp3) is 0.300. The van der Waals surface area contributed by atoms with Crippen LogP contribution in [0.15, 0.2) is 12.1 Å². The second kappa shape index (κ2) is 4.39. The number of hydrogen-bond acceptors (Lipinski definition) is 2. The minimum atomic E-state index is -0.953. The lowest BCUT2D eigenvalue weighted by Gasteiger charge is -2.08. The summed E-state index contributed by atoms with van der Waals surface area (Å²) in [5.41, 5.74) is 6.33. The third-order valence-corrected chi connectivity index (χ3v) is 3.95. The van der Waals surface area contributed by atoms with Crippen LogP contribution in [0.25, 0.3) is 0 Å². The second-order valence-electron chi connectivity index (χ2n) is 3.86. The van der Waals surface area contributed by atoms with Gasteiger partial charge in [-0.1, -0.05) is 23.2 Å². The molecule has 1 amide bonds. The van der Waals surface area contributed by atoms with Gasteiger partial charge >= 0.3 is 0 Å². The number of alkyl halides is 2. The van der Waals surface area contributed by atoms with E-state index in [0.717, 1.165) is 0 Å². The van der Waals surface area contributed by atoms with Gasteiger partial charge in [0.15, 0.2) is 0 Å². The van der Waals surface area contributed by atoms with Crippen molar-refractivity contribution in [3.05, 3.63) is 22.2 Å². The maximum atomic E-state index is 11.7. The molecule has 0 radical (unpaired) electrons. The van der Waals surface area contributed by atoms with Crippen LogP contribution in [-0.4, -0.2) is 10.2 Å². The van der Waals surface area contributed by atoms with E-state index in [-0.39, 0.29) is 21.6 Å². The average molecular weight is 314 g/mol. The molecule has 0 heterocycles. The summed E-state index contributed by atoms with van der Waals surface area (Å²) in [6, 6.07) is 3.04. The zero-order chi connectivity index (χ0) is 12.8. The molecule has 0 spiro atoms. The minimum absolute atomic E-state index is 0.257. The molecule has 2 rings (SSSR count). The summed E-state index contributed by atoms with van der Waals surface area (Å²) >= 11 is 23.3. The molecule has 3 nitrogen and oxygen atoms in total. The Morgan fingerprint density at radius 2 is 1.82 bits per heavy atom. The first-order valence-corrected chi connectivity index (χ1v) is 6.25. The van der Waals surface area contributed by atoms with E-state index < -0.39 is 10.3 Å². The molecular formula is C10H8Cl4N2O. The summed E-state index contributed by atoms with van der Waals surface area (Å²) in [5, 5.41) is 3.20. The summed E-state index contributed by atoms with van der Waals surface area (Å²) in [6.45, 7) is 0. The molecule has 17 heavy (non-hydrogen) atoms. The van der Waals surface area contributed by atoms with Crippen molar-refractivity contribution in [3.8, 4) is 0 Å². The summed E-state index contributed by atoms with van der Waals surface area (Å²) in [6.07, 6.45) is 0.443. The van der Waals surface area contributed by atoms with Gasteiger partial charge < -0.3 is 11.1 Å². The topological polar surface area (TPSA) is 55.1 Å². The zero-order valence-electron chi connectivity index (χ0n) is 8.44. The zero-order valence-corrected chi connectivity index (χ0v) is 11.5. The molecule has 1 atom stereocenters. The van der Waals surface area contributed by atoms with Gasteiger partial charge in [-0.2, -0.15) is 0 Å². The summed E-state index contributed by atoms with van der Waals surface area (Å²) in [4.78, 5) is 11.7. The number of rotatable bonds is 2. The third kappa shape index (κ3) is 2.74. The van der Waals surface area contributed by atoms with Crippen LogP contribution in [0.2, 0.25) is 10.0 Å². The molecule has 7 heteroatoms. The fourth-order valence-corrected chi connectivity index (χ4v) is 2.38. The largest absolute Gasteiger partial charge is 0.396 e. The number of nitrogen functional groups attached to an aromatic ring is 1. The van der Waals surface area contributed by atoms with E-state index in [2.05, 4.69) is 5.32 Å². The van der Waals surface area contributed by atoms with Crippen LogP contribution >= 0.6 is 46.4 Å². The Morgan fingerprint density at radius 3 is 2.24 bits per heavy atom. The molecule has 1 aliphatic rings. The van der Waals surface area contributed by atoms with Crippen molar-refractivity contribution < 1.29 is 4.79 Å². The lowest BCUT2D eigenvalue weighted by atomic mass is 10.2. The molecule has 0 aliphatic heterocycles. The Morgan fingerprint density at radius 1 is 1.35 bits per heavy atom. The van der Waals surface area contributed by atoms with Gasteiger partial charge in [0.2, 0.25) is 5.91 Å². The van der Waals surface area contributed by atoms with Gasteiger partial charge in [-0.25, -0.2) is 0 Å². The number of benzene rings is 1. The normalized spacial score (nSPS) is 21.1. The van der Waals surface area contributed by atoms with Gasteiger partial charge in [0.1, 0.15) is 4.33 Å². The molecule has 1 aromatic rings. The van der Waals surface area contributed by atoms with Crippen molar-refractivity contribution in [1.82, 2.24) is 0 Å². The molecule has 1 saturated carbocycles. The van der Waals surface area contributed by atoms with E-state index in [1.165, 1.54) is 12.1 Å². The summed E-state index contributed by atoms with van der Waals surface area (Å²) in [5.74, 6) is -0.659. The van der Waals surface area contributed by atoms with Gasteiger partial charge in [0.05, 0.1) is 21.7 Å². The highest BCUT2D eigenvalue weighted by Gasteiger charge is 2.56. The molecule has 0 aromatic heterocycles. The number of nitrogens with two attached hydrogens (primary N) is 1. The second-order valence-corrected chi connectivity index (χ2v) is 6.22. The van der Waals surface area contributed by atoms with Gasteiger partial charge in [-0.15, -0.1) is 23.2 Å². The average Bonchev–Trinajstić information content (AvgIpc) is 2.84. The van der Waals surface area contributed by atoms with Gasteiger partial charge in [0.25, 0.3) is 0 Å². The van der Waals surface area contributed by atoms with Crippen molar-refractivity contribution in [2.45, 2.75) is 10.8 Å². The van der Waals surface area contributed by atoms with Crippen molar-refractivity contribution in [2.75, 3.05) is 11.1 Å². The number of amides is 1. The van der Waals surface area contributed by atoms with Gasteiger partial charge in [0, 0.05) is 5.69 Å². The van der Waals surface area contributed by atoms with E-state index in [9.17, 15) is 4.79 Å². The van der Waals surface area contributed by atoms with Crippen molar-refractivity contribution in [2.24, 2.45) is 5.92 Å². The van der Waals surface area contributed by atoms with Crippen molar-refractivity contribution >= 4 is 63.7 Å². The number of halogens is 4. The maximum Gasteiger partial charge on any atom is 0.230 e. The van der Waals surface area contributed by atoms with Crippen LogP contribution < -0.4 is 11.1 Å². The molecule has 3 N–H and O–H groups in total. The Bertz CT molecular complexity index is 466. The molecule has 1 fully saturated rings. The highest BCUT2D eigenvalue weighted by atomic mass is 35.5. The van der Waals surface area contributed by atoms with E-state index in [1.807, 2.05) is 0 Å². The lowest BCUT2D eigenvalue weighted by molar-refractivity contribution is -0.117. The quantitative estimate of drug-likeness (QED) is 0.646. The van der Waals surface area contributed by atoms with Crippen molar-refractivity contribution in [1.29, 1.82) is 0 Å². The summed E-state index contributed by atoms with van der Waals surface area (Å²) < 4.78 is -0.953. The molecule has 0 saturated heterocycles. The Balaban J connectivity index is 2.12. The lowest BCUT2D eigenvalue weighted by Crippen LogP contribution is -2.16. The number of anilines is 2. The van der Waals surface area contributed by atoms with Crippen LogP contribution in [0.4, 0.5) is 11.4 Å². The summed E-state index contributed by atoms with van der Waals surface area (Å²) in [7, 11) is 0. The van der Waals surface area contributed by atoms with Gasteiger partial charge in [-0.05, 0) is 18.6 Å². The SMILES string of the molecule is Nc1c(Cl)cc(NC(=O)C2CC2(Cl)Cl)cc1Cl. The predicted octanol–water partition coefficient (Wildman–Crippen LogP) is 3.71. The molecule has 0 bridgehead atoms. The van der Waals surface area contributed by atoms with Crippen LogP contribution in [0.3, 0.4) is 0 Å². The fourth-order valence-electron chi connectivity index (χ4n) is 1.38. The number of nitrogens with one attached hydrogen (secondary N) is 1. The van der Waals surface area contributed by atoms with E-state index in [1.54, 1.807) is 0 Å². The minimum Gasteiger partial charge on any atom is -0.396 e. The first kappa shape index (κ1) is 13.1. The van der Waals surface area contributed by atoms with Crippen LogP contribution in [0.5, 0.6) is 0 Å². The maximum absolute atomic E-state index is 11.7. The highest BCUT2D eigenvalue weighted by molar-refractivity contribution is 6.52. The molecule has 1 aromatic carbocycles. The van der Waals surface area contributed by atoms with Gasteiger partial charge in [-0.3, -0.25) is 4.79 Å². The molecular weight excluding hydrogens is 306 g/mol. The third-order valence-electron chi connectivity index (χ3n) is 2.49. The van der Waals surface area contributed by atoms with Crippen LogP contribution in [0.1, 0.15) is 6.42 Å². The van der Waals surface area contributed by atoms with E-state index in [4.69, 9.17) is 52.1 Å². The smallest absolute Gasteiger partial charge is 0.230 e. The standard InChI is InChI=1S/C10H8Cl4N2O/c11-6-1-4(2-7(12)8(6)15)16-9(17)5-3-10(5,13)14/h1-2,5H,3,15H2,(H,16,17). The van der Waals surface area contributed by atoms with E-state index in [0.29, 0.717) is 12.1 Å². The number of carbonyl (C=O) groups excluding carboxylic acids is 1. The van der Waals surface area contributed by atoms with Crippen LogP contribution in [-0.2, 0) is 4.79 Å². The monoisotopic (exact) mass is 312 g/mol. The molecule has 1 aliphatic carbocycles. The highest BCUT2D eigenvalue weighted by Crippen LogP contribution is 2.53. The Hall–Kier alpha value is -0.350. The number of hydrogen-bond donors (Lipinski definition) is 2. The van der Waals surface area contributed by atoms with Crippen molar-refractivity contribution in [3.63, 3.8) is 0 Å². The first-order chi connectivity index (χ1) is 7.81.